The van der Waals surface area contributed by atoms with Gasteiger partial charge in [0.25, 0.3) is 0 Å². The predicted octanol–water partition coefficient (Wildman–Crippen LogP) is 1.40. The first kappa shape index (κ1) is 17.8. The third-order valence-corrected chi connectivity index (χ3v) is 3.31. The third-order valence-electron chi connectivity index (χ3n) is 3.31. The van der Waals surface area contributed by atoms with Crippen LogP contribution in [-0.4, -0.2) is 42.8 Å². The Morgan fingerprint density at radius 2 is 1.76 bits per heavy atom. The Morgan fingerprint density at radius 3 is 2.24 bits per heavy atom. The molecule has 0 radical (unpaired) electrons. The van der Waals surface area contributed by atoms with Gasteiger partial charge in [0.15, 0.2) is 0 Å². The van der Waals surface area contributed by atoms with E-state index in [0.717, 1.165) is 25.9 Å². The maximum absolute atomic E-state index is 12.4. The van der Waals surface area contributed by atoms with Gasteiger partial charge in [0.05, 0.1) is 0 Å². The molecule has 0 aromatic carbocycles. The van der Waals surface area contributed by atoms with E-state index < -0.39 is 17.7 Å². The van der Waals surface area contributed by atoms with Gasteiger partial charge in [-0.05, 0) is 52.6 Å². The van der Waals surface area contributed by atoms with Crippen molar-refractivity contribution in [2.24, 2.45) is 5.92 Å². The summed E-state index contributed by atoms with van der Waals surface area (Å²) in [6, 6.07) is -0.393. The van der Waals surface area contributed by atoms with Crippen LogP contribution in [0.15, 0.2) is 0 Å². The fourth-order valence-corrected chi connectivity index (χ4v) is 2.23. The first-order valence-corrected chi connectivity index (χ1v) is 7.69. The molecular formula is C15H29N3O3. The molecule has 0 bridgehead atoms. The molecule has 2 amide bonds. The van der Waals surface area contributed by atoms with Crippen molar-refractivity contribution < 1.29 is 14.3 Å². The van der Waals surface area contributed by atoms with Gasteiger partial charge in [-0.15, -0.1) is 0 Å². The van der Waals surface area contributed by atoms with Crippen LogP contribution in [0.4, 0.5) is 4.79 Å². The lowest BCUT2D eigenvalue weighted by molar-refractivity contribution is -0.125. The second kappa shape index (κ2) is 7.64. The van der Waals surface area contributed by atoms with Crippen LogP contribution in [0.1, 0.15) is 47.5 Å². The Morgan fingerprint density at radius 1 is 1.19 bits per heavy atom. The minimum atomic E-state index is -0.574. The number of carbonyl (C=O) groups excluding carboxylic acids is 2. The molecule has 6 heteroatoms. The van der Waals surface area contributed by atoms with Crippen molar-refractivity contribution in [1.29, 1.82) is 0 Å². The van der Waals surface area contributed by atoms with E-state index in [1.54, 1.807) is 20.8 Å². The SMILES string of the molecule is CC(C)[C@@H](NC(=O)OC(C)(C)C)C(=O)NC1CCNCC1. The second-order valence-electron chi connectivity index (χ2n) is 6.90. The summed E-state index contributed by atoms with van der Waals surface area (Å²) in [6.07, 6.45) is 1.29. The fourth-order valence-electron chi connectivity index (χ4n) is 2.23. The molecule has 0 aromatic heterocycles. The Hall–Kier alpha value is -1.30. The Bertz CT molecular complexity index is 358. The first-order chi connectivity index (χ1) is 9.69. The molecule has 122 valence electrons. The van der Waals surface area contributed by atoms with Crippen molar-refractivity contribution in [3.63, 3.8) is 0 Å². The van der Waals surface area contributed by atoms with Crippen LogP contribution in [0.2, 0.25) is 0 Å². The van der Waals surface area contributed by atoms with E-state index >= 15 is 0 Å². The van der Waals surface area contributed by atoms with Crippen molar-refractivity contribution in [1.82, 2.24) is 16.0 Å². The molecule has 0 spiro atoms. The zero-order valence-corrected chi connectivity index (χ0v) is 13.8. The van der Waals surface area contributed by atoms with Crippen LogP contribution in [0, 0.1) is 5.92 Å². The van der Waals surface area contributed by atoms with Crippen molar-refractivity contribution >= 4 is 12.0 Å². The first-order valence-electron chi connectivity index (χ1n) is 7.69. The van der Waals surface area contributed by atoms with E-state index in [1.165, 1.54) is 0 Å². The minimum absolute atomic E-state index is 0.000709. The number of ether oxygens (including phenoxy) is 1. The molecule has 1 atom stereocenters. The number of rotatable bonds is 4. The molecule has 1 fully saturated rings. The van der Waals surface area contributed by atoms with Crippen LogP contribution in [0.3, 0.4) is 0 Å². The van der Waals surface area contributed by atoms with Crippen molar-refractivity contribution in [3.8, 4) is 0 Å². The molecule has 0 unspecified atom stereocenters. The van der Waals surface area contributed by atoms with Gasteiger partial charge in [-0.3, -0.25) is 4.79 Å². The molecule has 1 aliphatic heterocycles. The lowest BCUT2D eigenvalue weighted by atomic mass is 10.0. The van der Waals surface area contributed by atoms with E-state index in [2.05, 4.69) is 16.0 Å². The topological polar surface area (TPSA) is 79.5 Å². The predicted molar refractivity (Wildman–Crippen MR) is 82.0 cm³/mol. The van der Waals surface area contributed by atoms with Crippen molar-refractivity contribution in [2.45, 2.75) is 65.1 Å². The molecule has 3 N–H and O–H groups in total. The van der Waals surface area contributed by atoms with E-state index in [4.69, 9.17) is 4.74 Å². The number of nitrogens with one attached hydrogen (secondary N) is 3. The number of hydrogen-bond acceptors (Lipinski definition) is 4. The van der Waals surface area contributed by atoms with Crippen LogP contribution >= 0.6 is 0 Å². The van der Waals surface area contributed by atoms with Gasteiger partial charge in [0, 0.05) is 6.04 Å². The summed E-state index contributed by atoms with van der Waals surface area (Å²) in [4.78, 5) is 24.2. The summed E-state index contributed by atoms with van der Waals surface area (Å²) >= 11 is 0. The smallest absolute Gasteiger partial charge is 0.408 e. The molecule has 0 aliphatic carbocycles. The summed E-state index contributed by atoms with van der Waals surface area (Å²) in [5.74, 6) is -0.137. The van der Waals surface area contributed by atoms with Crippen molar-refractivity contribution in [2.75, 3.05) is 13.1 Å². The summed E-state index contributed by atoms with van der Waals surface area (Å²) in [5, 5.41) is 8.95. The molecular weight excluding hydrogens is 270 g/mol. The highest BCUT2D eigenvalue weighted by Crippen LogP contribution is 2.10. The number of amides is 2. The van der Waals surface area contributed by atoms with E-state index in [0.29, 0.717) is 0 Å². The van der Waals surface area contributed by atoms with Crippen LogP contribution in [0.25, 0.3) is 0 Å². The summed E-state index contributed by atoms with van der Waals surface area (Å²) in [6.45, 7) is 11.0. The number of hydrogen-bond donors (Lipinski definition) is 3. The quantitative estimate of drug-likeness (QED) is 0.733. The number of carbonyl (C=O) groups is 2. The summed E-state index contributed by atoms with van der Waals surface area (Å²) < 4.78 is 5.22. The van der Waals surface area contributed by atoms with Gasteiger partial charge >= 0.3 is 6.09 Å². The Labute approximate surface area is 127 Å². The maximum Gasteiger partial charge on any atom is 0.408 e. The molecule has 1 saturated heterocycles. The normalized spacial score (nSPS) is 18.2. The van der Waals surface area contributed by atoms with E-state index in [-0.39, 0.29) is 17.9 Å². The molecule has 1 rings (SSSR count). The van der Waals surface area contributed by atoms with Gasteiger partial charge in [-0.2, -0.15) is 0 Å². The van der Waals surface area contributed by atoms with Gasteiger partial charge in [-0.25, -0.2) is 4.79 Å². The van der Waals surface area contributed by atoms with Crippen LogP contribution in [0.5, 0.6) is 0 Å². The number of piperidine rings is 1. The number of alkyl carbamates (subject to hydrolysis) is 1. The van der Waals surface area contributed by atoms with Gasteiger partial charge in [-0.1, -0.05) is 13.8 Å². The average Bonchev–Trinajstić information content (AvgIpc) is 2.34. The molecule has 1 aliphatic rings. The largest absolute Gasteiger partial charge is 0.444 e. The molecule has 0 aromatic rings. The highest BCUT2D eigenvalue weighted by atomic mass is 16.6. The highest BCUT2D eigenvalue weighted by molar-refractivity contribution is 5.86. The van der Waals surface area contributed by atoms with Crippen LogP contribution < -0.4 is 16.0 Å². The lowest BCUT2D eigenvalue weighted by Crippen LogP contribution is -2.54. The highest BCUT2D eigenvalue weighted by Gasteiger charge is 2.28. The average molecular weight is 299 g/mol. The van der Waals surface area contributed by atoms with Gasteiger partial charge in [0.2, 0.25) is 5.91 Å². The molecule has 1 heterocycles. The van der Waals surface area contributed by atoms with Gasteiger partial charge < -0.3 is 20.7 Å². The second-order valence-corrected chi connectivity index (χ2v) is 6.90. The van der Waals surface area contributed by atoms with E-state index in [1.807, 2.05) is 13.8 Å². The zero-order valence-electron chi connectivity index (χ0n) is 13.8. The Kier molecular flexibility index (Phi) is 6.45. The van der Waals surface area contributed by atoms with E-state index in [9.17, 15) is 9.59 Å². The van der Waals surface area contributed by atoms with Crippen LogP contribution in [-0.2, 0) is 9.53 Å². The monoisotopic (exact) mass is 299 g/mol. The maximum atomic E-state index is 12.4. The standard InChI is InChI=1S/C15H29N3O3/c1-10(2)12(18-14(20)21-15(3,4)5)13(19)17-11-6-8-16-9-7-11/h10-12,16H,6-9H2,1-5H3,(H,17,19)(H,18,20)/t12-/m1/s1. The summed E-state index contributed by atoms with van der Waals surface area (Å²) in [7, 11) is 0. The molecule has 6 nitrogen and oxygen atoms in total. The third kappa shape index (κ3) is 6.80. The zero-order chi connectivity index (χ0) is 16.0. The minimum Gasteiger partial charge on any atom is -0.444 e. The van der Waals surface area contributed by atoms with Gasteiger partial charge in [0.1, 0.15) is 11.6 Å². The molecule has 0 saturated carbocycles. The summed E-state index contributed by atoms with van der Waals surface area (Å²) in [5.41, 5.74) is -0.572. The van der Waals surface area contributed by atoms with Crippen molar-refractivity contribution in [3.05, 3.63) is 0 Å². The molecule has 21 heavy (non-hydrogen) atoms. The lowest BCUT2D eigenvalue weighted by Gasteiger charge is -2.28. The Balaban J connectivity index is 2.55. The fraction of sp³-hybridized carbons (Fsp3) is 0.867.